The van der Waals surface area contributed by atoms with Crippen LogP contribution in [0, 0.1) is 0 Å². The van der Waals surface area contributed by atoms with Crippen molar-refractivity contribution in [3.05, 3.63) is 59.7 Å². The van der Waals surface area contributed by atoms with Crippen LogP contribution in [0.5, 0.6) is 5.75 Å². The second kappa shape index (κ2) is 4.89. The third-order valence-electron chi connectivity index (χ3n) is 3.55. The summed E-state index contributed by atoms with van der Waals surface area (Å²) in [6, 6.07) is 14.5. The van der Waals surface area contributed by atoms with Crippen molar-refractivity contribution in [3.8, 4) is 5.75 Å². The summed E-state index contributed by atoms with van der Waals surface area (Å²) in [4.78, 5) is 14.3. The number of hydrogen-bond acceptors (Lipinski definition) is 3. The van der Waals surface area contributed by atoms with Gasteiger partial charge in [0.1, 0.15) is 11.9 Å². The lowest BCUT2D eigenvalue weighted by Gasteiger charge is -2.37. The van der Waals surface area contributed by atoms with Gasteiger partial charge in [-0.25, -0.2) is 0 Å². The van der Waals surface area contributed by atoms with Gasteiger partial charge in [0.25, 0.3) is 5.91 Å². The number of aromatic hydroxyl groups is 1. The quantitative estimate of drug-likeness (QED) is 0.880. The Morgan fingerprint density at radius 1 is 1.20 bits per heavy atom. The molecule has 2 aromatic rings. The number of phenolic OH excluding ortho intramolecular Hbond substituents is 1. The largest absolute Gasteiger partial charge is 0.508 e. The predicted molar refractivity (Wildman–Crippen MR) is 77.6 cm³/mol. The van der Waals surface area contributed by atoms with Gasteiger partial charge >= 0.3 is 0 Å². The molecule has 0 saturated heterocycles. The van der Waals surface area contributed by atoms with E-state index in [1.165, 1.54) is 0 Å². The number of anilines is 1. The number of rotatable bonds is 2. The fraction of sp³-hybridized carbons (Fsp3) is 0.188. The number of nitrogens with one attached hydrogen (secondary N) is 1. The molecular weight excluding hydrogens is 252 g/mol. The van der Waals surface area contributed by atoms with E-state index in [2.05, 4.69) is 5.32 Å². The Labute approximate surface area is 117 Å². The Bertz CT molecular complexity index is 654. The fourth-order valence-electron chi connectivity index (χ4n) is 2.58. The maximum absolute atomic E-state index is 12.5. The Hall–Kier alpha value is -2.49. The molecule has 1 heterocycles. The van der Waals surface area contributed by atoms with E-state index >= 15 is 0 Å². The molecule has 20 heavy (non-hydrogen) atoms. The van der Waals surface area contributed by atoms with Crippen molar-refractivity contribution in [2.24, 2.45) is 0 Å². The minimum Gasteiger partial charge on any atom is -0.508 e. The summed E-state index contributed by atoms with van der Waals surface area (Å²) in [7, 11) is 0. The number of hydrogen-bond donors (Lipinski definition) is 2. The highest BCUT2D eigenvalue weighted by Crippen LogP contribution is 2.33. The lowest BCUT2D eigenvalue weighted by molar-refractivity contribution is 0.0694. The molecule has 2 N–H and O–H groups in total. The Morgan fingerprint density at radius 3 is 2.75 bits per heavy atom. The Balaban J connectivity index is 2.06. The third-order valence-corrected chi connectivity index (χ3v) is 3.55. The summed E-state index contributed by atoms with van der Waals surface area (Å²) < 4.78 is 0. The highest BCUT2D eigenvalue weighted by atomic mass is 16.3. The number of para-hydroxylation sites is 1. The normalized spacial score (nSPS) is 17.6. The lowest BCUT2D eigenvalue weighted by Crippen LogP contribution is -2.42. The van der Waals surface area contributed by atoms with Crippen LogP contribution in [0.3, 0.4) is 0 Å². The average molecular weight is 268 g/mol. The van der Waals surface area contributed by atoms with Crippen molar-refractivity contribution in [1.82, 2.24) is 4.90 Å². The van der Waals surface area contributed by atoms with E-state index in [0.29, 0.717) is 12.1 Å². The zero-order chi connectivity index (χ0) is 14.1. The maximum Gasteiger partial charge on any atom is 0.257 e. The molecule has 1 aliphatic rings. The van der Waals surface area contributed by atoms with Crippen LogP contribution in [0.1, 0.15) is 29.0 Å². The molecule has 4 nitrogen and oxygen atoms in total. The van der Waals surface area contributed by atoms with Crippen molar-refractivity contribution in [2.75, 3.05) is 11.9 Å². The van der Waals surface area contributed by atoms with Crippen molar-refractivity contribution in [1.29, 1.82) is 0 Å². The number of amides is 1. The van der Waals surface area contributed by atoms with Gasteiger partial charge in [0, 0.05) is 12.2 Å². The van der Waals surface area contributed by atoms with Gasteiger partial charge in [0.15, 0.2) is 0 Å². The first kappa shape index (κ1) is 12.5. The van der Waals surface area contributed by atoms with Gasteiger partial charge in [-0.05, 0) is 36.8 Å². The van der Waals surface area contributed by atoms with Crippen LogP contribution in [0.15, 0.2) is 48.5 Å². The molecule has 1 atom stereocenters. The smallest absolute Gasteiger partial charge is 0.257 e. The van der Waals surface area contributed by atoms with Gasteiger partial charge in [-0.3, -0.25) is 4.79 Å². The van der Waals surface area contributed by atoms with Gasteiger partial charge in [-0.15, -0.1) is 0 Å². The fourth-order valence-corrected chi connectivity index (χ4v) is 2.58. The molecular formula is C16H16N2O2. The van der Waals surface area contributed by atoms with Gasteiger partial charge in [-0.2, -0.15) is 0 Å². The van der Waals surface area contributed by atoms with Crippen LogP contribution in [0.2, 0.25) is 0 Å². The van der Waals surface area contributed by atoms with Gasteiger partial charge in [-0.1, -0.05) is 24.3 Å². The first-order valence-corrected chi connectivity index (χ1v) is 6.66. The number of fused-ring (bicyclic) bond motifs is 1. The van der Waals surface area contributed by atoms with Gasteiger partial charge < -0.3 is 15.3 Å². The van der Waals surface area contributed by atoms with Crippen molar-refractivity contribution < 1.29 is 9.90 Å². The molecule has 4 heteroatoms. The van der Waals surface area contributed by atoms with E-state index in [4.69, 9.17) is 0 Å². The number of phenols is 1. The van der Waals surface area contributed by atoms with Gasteiger partial charge in [0.05, 0.1) is 5.56 Å². The molecule has 0 saturated carbocycles. The standard InChI is InChI=1S/C16H16N2O2/c1-2-18-15(11-6-5-7-12(19)10-11)17-14-9-4-3-8-13(14)16(18)20/h3-10,15,17,19H,2H2,1H3. The molecule has 0 aliphatic carbocycles. The minimum absolute atomic E-state index is 0.00944. The predicted octanol–water partition coefficient (Wildman–Crippen LogP) is 2.98. The summed E-state index contributed by atoms with van der Waals surface area (Å²) in [5.41, 5.74) is 2.39. The molecule has 0 radical (unpaired) electrons. The second-order valence-corrected chi connectivity index (χ2v) is 4.78. The van der Waals surface area contributed by atoms with Crippen LogP contribution in [0.25, 0.3) is 0 Å². The molecule has 1 amide bonds. The number of carbonyl (C=O) groups is 1. The second-order valence-electron chi connectivity index (χ2n) is 4.78. The monoisotopic (exact) mass is 268 g/mol. The van der Waals surface area contributed by atoms with Crippen molar-refractivity contribution in [2.45, 2.75) is 13.1 Å². The van der Waals surface area contributed by atoms with Crippen molar-refractivity contribution in [3.63, 3.8) is 0 Å². The summed E-state index contributed by atoms with van der Waals surface area (Å²) in [5, 5.41) is 13.0. The summed E-state index contributed by atoms with van der Waals surface area (Å²) in [6.07, 6.45) is -0.255. The summed E-state index contributed by atoms with van der Waals surface area (Å²) in [6.45, 7) is 2.55. The maximum atomic E-state index is 12.5. The minimum atomic E-state index is -0.255. The number of nitrogens with zero attached hydrogens (tertiary/aromatic N) is 1. The topological polar surface area (TPSA) is 52.6 Å². The highest BCUT2D eigenvalue weighted by Gasteiger charge is 2.31. The zero-order valence-electron chi connectivity index (χ0n) is 11.2. The van der Waals surface area contributed by atoms with E-state index < -0.39 is 0 Å². The van der Waals surface area contributed by atoms with E-state index in [0.717, 1.165) is 11.3 Å². The first-order chi connectivity index (χ1) is 9.70. The Morgan fingerprint density at radius 2 is 2.00 bits per heavy atom. The molecule has 0 fully saturated rings. The highest BCUT2D eigenvalue weighted by molar-refractivity contribution is 6.01. The van der Waals surface area contributed by atoms with Crippen LogP contribution in [0.4, 0.5) is 5.69 Å². The zero-order valence-corrected chi connectivity index (χ0v) is 11.2. The van der Waals surface area contributed by atoms with Crippen molar-refractivity contribution >= 4 is 11.6 Å². The molecule has 2 aromatic carbocycles. The molecule has 0 spiro atoms. The van der Waals surface area contributed by atoms with Crippen LogP contribution < -0.4 is 5.32 Å². The van der Waals surface area contributed by atoms with E-state index in [1.54, 1.807) is 23.1 Å². The molecule has 0 aromatic heterocycles. The van der Waals surface area contributed by atoms with E-state index in [9.17, 15) is 9.90 Å². The molecule has 1 aliphatic heterocycles. The van der Waals surface area contributed by atoms with Crippen LogP contribution >= 0.6 is 0 Å². The summed E-state index contributed by atoms with van der Waals surface area (Å²) >= 11 is 0. The number of carbonyl (C=O) groups excluding carboxylic acids is 1. The SMILES string of the molecule is CCN1C(=O)c2ccccc2NC1c1cccc(O)c1. The van der Waals surface area contributed by atoms with Crippen LogP contribution in [-0.2, 0) is 0 Å². The first-order valence-electron chi connectivity index (χ1n) is 6.66. The molecule has 3 rings (SSSR count). The molecule has 102 valence electrons. The Kier molecular flexibility index (Phi) is 3.06. The third kappa shape index (κ3) is 1.99. The lowest BCUT2D eigenvalue weighted by atomic mass is 10.0. The van der Waals surface area contributed by atoms with Crippen LogP contribution in [-0.4, -0.2) is 22.5 Å². The van der Waals surface area contributed by atoms with E-state index in [1.807, 2.05) is 37.3 Å². The number of benzene rings is 2. The van der Waals surface area contributed by atoms with E-state index in [-0.39, 0.29) is 17.8 Å². The van der Waals surface area contributed by atoms with Gasteiger partial charge in [0.2, 0.25) is 0 Å². The average Bonchev–Trinajstić information content (AvgIpc) is 2.47. The molecule has 0 bridgehead atoms. The molecule has 1 unspecified atom stereocenters. The summed E-state index contributed by atoms with van der Waals surface area (Å²) in [5.74, 6) is 0.210.